The maximum absolute atomic E-state index is 12.9. The molecule has 0 aliphatic carbocycles. The molecule has 446 valence electrons. The van der Waals surface area contributed by atoms with Crippen molar-refractivity contribution in [3.8, 4) is 0 Å². The van der Waals surface area contributed by atoms with Crippen LogP contribution in [-0.4, -0.2) is 87.4 Å². The van der Waals surface area contributed by atoms with Crippen LogP contribution in [0.25, 0.3) is 0 Å². The number of hydrogen-bond acceptors (Lipinski definition) is 7. The van der Waals surface area contributed by atoms with Gasteiger partial charge in [-0.2, -0.15) is 0 Å². The molecule has 0 spiro atoms. The summed E-state index contributed by atoms with van der Waals surface area (Å²) in [6.45, 7) is 4.71. The van der Waals surface area contributed by atoms with Crippen molar-refractivity contribution in [3.63, 3.8) is 0 Å². The number of likely N-dealkylation sites (N-methyl/N-ethyl adjacent to an activating group) is 1. The lowest BCUT2D eigenvalue weighted by Gasteiger charge is -2.25. The number of ether oxygens (including phenoxy) is 4. The fourth-order valence-corrected chi connectivity index (χ4v) is 7.88. The third-order valence-electron chi connectivity index (χ3n) is 12.6. The van der Waals surface area contributed by atoms with Crippen LogP contribution in [0.2, 0.25) is 0 Å². The van der Waals surface area contributed by atoms with Gasteiger partial charge in [0.15, 0.2) is 6.10 Å². The van der Waals surface area contributed by atoms with E-state index in [1.54, 1.807) is 0 Å². The number of allylic oxidation sites excluding steroid dienone is 24. The molecule has 2 atom stereocenters. The predicted octanol–water partition coefficient (Wildman–Crippen LogP) is 18.8. The van der Waals surface area contributed by atoms with Gasteiger partial charge in [0.05, 0.1) is 34.4 Å². The molecule has 9 nitrogen and oxygen atoms in total. The highest BCUT2D eigenvalue weighted by Gasteiger charge is 2.25. The van der Waals surface area contributed by atoms with E-state index in [2.05, 4.69) is 160 Å². The summed E-state index contributed by atoms with van der Waals surface area (Å²) in [6.07, 6.45) is 83.7. The first-order chi connectivity index (χ1) is 38.6. The SMILES string of the molecule is CC/C=C\C/C=C\C/C=C\C/C=C\C/C=C\C/C=C\C/C=C\C/C=C\C/C=C\C/C=C\C/C=C\C/C=C\CCCCCCC(=O)OC(COC(=O)CCCCCCCCCCCCCCC)COC(OCC[N+](C)(C)C)C(=O)O. The van der Waals surface area contributed by atoms with Gasteiger partial charge in [-0.25, -0.2) is 4.79 Å². The van der Waals surface area contributed by atoms with Gasteiger partial charge in [0.25, 0.3) is 6.29 Å². The van der Waals surface area contributed by atoms with Crippen LogP contribution in [0.4, 0.5) is 0 Å². The summed E-state index contributed by atoms with van der Waals surface area (Å²) in [5, 5.41) is 9.69. The number of rotatable bonds is 55. The Balaban J connectivity index is 4.22. The van der Waals surface area contributed by atoms with Gasteiger partial charge < -0.3 is 28.5 Å². The predicted molar refractivity (Wildman–Crippen MR) is 336 cm³/mol. The van der Waals surface area contributed by atoms with Gasteiger partial charge >= 0.3 is 17.9 Å². The van der Waals surface area contributed by atoms with Crippen molar-refractivity contribution < 1.29 is 42.9 Å². The van der Waals surface area contributed by atoms with Gasteiger partial charge in [-0.05, 0) is 103 Å². The molecule has 0 radical (unpaired) electrons. The van der Waals surface area contributed by atoms with Crippen molar-refractivity contribution in [1.82, 2.24) is 0 Å². The molecule has 0 amide bonds. The number of carboxylic acids is 1. The molecule has 0 aromatic heterocycles. The number of unbranched alkanes of at least 4 members (excludes halogenated alkanes) is 16. The number of quaternary nitrogens is 1. The zero-order valence-corrected chi connectivity index (χ0v) is 50.7. The molecule has 0 bridgehead atoms. The van der Waals surface area contributed by atoms with Crippen molar-refractivity contribution in [2.45, 2.75) is 232 Å². The molecule has 9 heteroatoms. The van der Waals surface area contributed by atoms with E-state index in [9.17, 15) is 19.5 Å². The van der Waals surface area contributed by atoms with E-state index in [1.807, 2.05) is 21.1 Å². The van der Waals surface area contributed by atoms with Gasteiger partial charge in [-0.1, -0.05) is 250 Å². The molecule has 0 heterocycles. The Morgan fingerprint density at radius 2 is 0.722 bits per heavy atom. The molecular formula is C70H114NO8+. The normalized spacial score (nSPS) is 13.8. The zero-order chi connectivity index (χ0) is 57.6. The highest BCUT2D eigenvalue weighted by atomic mass is 16.7. The summed E-state index contributed by atoms with van der Waals surface area (Å²) >= 11 is 0. The van der Waals surface area contributed by atoms with Crippen LogP contribution >= 0.6 is 0 Å². The Morgan fingerprint density at radius 3 is 1.08 bits per heavy atom. The number of esters is 2. The van der Waals surface area contributed by atoms with E-state index in [0.29, 0.717) is 23.9 Å². The number of carbonyl (C=O) groups is 3. The van der Waals surface area contributed by atoms with Gasteiger partial charge in [-0.3, -0.25) is 9.59 Å². The van der Waals surface area contributed by atoms with Crippen molar-refractivity contribution in [1.29, 1.82) is 0 Å². The summed E-state index contributed by atoms with van der Waals surface area (Å²) in [4.78, 5) is 37.4. The monoisotopic (exact) mass is 1100 g/mol. The molecule has 0 aliphatic heterocycles. The van der Waals surface area contributed by atoms with Crippen LogP contribution in [0.15, 0.2) is 146 Å². The molecule has 0 rings (SSSR count). The highest BCUT2D eigenvalue weighted by molar-refractivity contribution is 5.71. The quantitative estimate of drug-likeness (QED) is 0.0211. The van der Waals surface area contributed by atoms with Gasteiger partial charge in [-0.15, -0.1) is 0 Å². The van der Waals surface area contributed by atoms with E-state index < -0.39 is 24.3 Å². The number of carbonyl (C=O) groups excluding carboxylic acids is 2. The second kappa shape index (κ2) is 59.3. The zero-order valence-electron chi connectivity index (χ0n) is 50.7. The van der Waals surface area contributed by atoms with E-state index in [-0.39, 0.29) is 32.2 Å². The van der Waals surface area contributed by atoms with Gasteiger partial charge in [0.1, 0.15) is 13.2 Å². The molecule has 79 heavy (non-hydrogen) atoms. The van der Waals surface area contributed by atoms with Gasteiger partial charge in [0, 0.05) is 12.8 Å². The molecule has 0 fully saturated rings. The second-order valence-electron chi connectivity index (χ2n) is 21.3. The van der Waals surface area contributed by atoms with Crippen LogP contribution in [0.5, 0.6) is 0 Å². The number of nitrogens with zero attached hydrogens (tertiary/aromatic N) is 1. The largest absolute Gasteiger partial charge is 0.477 e. The first-order valence-electron chi connectivity index (χ1n) is 31.0. The average molecular weight is 1100 g/mol. The third-order valence-corrected chi connectivity index (χ3v) is 12.6. The Hall–Kier alpha value is -4.83. The number of aliphatic carboxylic acids is 1. The minimum Gasteiger partial charge on any atom is -0.477 e. The number of hydrogen-bond donors (Lipinski definition) is 1. The van der Waals surface area contributed by atoms with E-state index in [1.165, 1.54) is 64.2 Å². The lowest BCUT2D eigenvalue weighted by atomic mass is 10.0. The van der Waals surface area contributed by atoms with Crippen molar-refractivity contribution in [2.75, 3.05) is 47.5 Å². The standard InChI is InChI=1S/C70H113NO8/c1-6-8-10-12-14-16-18-20-21-22-23-24-25-26-27-28-29-30-31-32-33-34-35-36-37-38-39-40-41-42-43-44-45-46-47-49-51-53-55-57-59-61-68(73)79-66(65-78-70(69(74)75)76-63-62-71(3,4)5)64-77-67(72)60-58-56-54-52-50-48-19-17-15-13-11-9-7-2/h8,10,14,16,20-21,23-24,26-27,29-30,32-33,35-36,38-39,41-42,44-45,47,49,66,70H,6-7,9,11-13,15,17-19,22,25,28,31,34,37,40,43,46,48,50-65H2,1-5H3/p+1/b10-8-,16-14-,21-20-,24-23-,27-26-,30-29-,33-32-,36-35-,39-38-,42-41-,45-44-,49-47-. The Morgan fingerprint density at radius 1 is 0.392 bits per heavy atom. The average Bonchev–Trinajstić information content (AvgIpc) is 3.42. The Bertz CT molecular complexity index is 1800. The first kappa shape index (κ1) is 74.2. The minimum atomic E-state index is -1.52. The fraction of sp³-hybridized carbons (Fsp3) is 0.614. The summed E-state index contributed by atoms with van der Waals surface area (Å²) in [5.74, 6) is -2.05. The number of carboxylic acid groups (broad SMARTS) is 1. The van der Waals surface area contributed by atoms with Crippen LogP contribution in [0.1, 0.15) is 219 Å². The summed E-state index contributed by atoms with van der Waals surface area (Å²) in [7, 11) is 5.95. The molecule has 1 N–H and O–H groups in total. The maximum Gasteiger partial charge on any atom is 0.361 e. The topological polar surface area (TPSA) is 108 Å². The van der Waals surface area contributed by atoms with E-state index in [4.69, 9.17) is 18.9 Å². The van der Waals surface area contributed by atoms with Crippen LogP contribution in [0, 0.1) is 0 Å². The Kier molecular flexibility index (Phi) is 55.7. The third kappa shape index (κ3) is 60.7. The molecule has 0 aliphatic rings. The van der Waals surface area contributed by atoms with Crippen LogP contribution in [-0.2, 0) is 33.3 Å². The molecule has 0 aromatic rings. The van der Waals surface area contributed by atoms with E-state index >= 15 is 0 Å². The molecule has 0 aromatic carbocycles. The lowest BCUT2D eigenvalue weighted by molar-refractivity contribution is -0.870. The maximum atomic E-state index is 12.9. The smallest absolute Gasteiger partial charge is 0.361 e. The summed E-state index contributed by atoms with van der Waals surface area (Å²) < 4.78 is 22.8. The fourth-order valence-electron chi connectivity index (χ4n) is 7.88. The Labute approximate surface area is 483 Å². The highest BCUT2D eigenvalue weighted by Crippen LogP contribution is 2.15. The molecular weight excluding hydrogens is 983 g/mol. The van der Waals surface area contributed by atoms with Crippen LogP contribution in [0.3, 0.4) is 0 Å². The van der Waals surface area contributed by atoms with Crippen LogP contribution < -0.4 is 0 Å². The van der Waals surface area contributed by atoms with E-state index in [0.717, 1.165) is 122 Å². The van der Waals surface area contributed by atoms with Crippen molar-refractivity contribution in [2.24, 2.45) is 0 Å². The van der Waals surface area contributed by atoms with Crippen molar-refractivity contribution >= 4 is 17.9 Å². The molecule has 0 saturated carbocycles. The second-order valence-corrected chi connectivity index (χ2v) is 21.3. The summed E-state index contributed by atoms with van der Waals surface area (Å²) in [5.41, 5.74) is 0. The lowest BCUT2D eigenvalue weighted by Crippen LogP contribution is -2.40. The molecule has 2 unspecified atom stereocenters. The van der Waals surface area contributed by atoms with Gasteiger partial charge in [0.2, 0.25) is 0 Å². The van der Waals surface area contributed by atoms with Crippen molar-refractivity contribution in [3.05, 3.63) is 146 Å². The molecule has 0 saturated heterocycles. The first-order valence-corrected chi connectivity index (χ1v) is 31.0. The summed E-state index contributed by atoms with van der Waals surface area (Å²) in [6, 6.07) is 0. The minimum absolute atomic E-state index is 0.176.